The normalized spacial score (nSPS) is 21.9. The van der Waals surface area contributed by atoms with Gasteiger partial charge in [-0.1, -0.05) is 0 Å². The number of aromatic nitrogens is 1. The molecule has 0 radical (unpaired) electrons. The Labute approximate surface area is 118 Å². The molecule has 1 aromatic rings. The molecule has 1 unspecified atom stereocenters. The molecule has 108 valence electrons. The summed E-state index contributed by atoms with van der Waals surface area (Å²) in [5, 5.41) is 12.1. The first-order valence-corrected chi connectivity index (χ1v) is 7.25. The van der Waals surface area contributed by atoms with E-state index in [9.17, 15) is 14.7 Å². The predicted octanol–water partition coefficient (Wildman–Crippen LogP) is 2.20. The number of carboxylic acid groups (broad SMARTS) is 1. The van der Waals surface area contributed by atoms with Gasteiger partial charge in [0, 0.05) is 12.2 Å². The zero-order chi connectivity index (χ0) is 14.3. The first-order valence-electron chi connectivity index (χ1n) is 7.25. The van der Waals surface area contributed by atoms with Gasteiger partial charge in [0.1, 0.15) is 11.2 Å². The van der Waals surface area contributed by atoms with E-state index in [0.717, 1.165) is 25.7 Å². The van der Waals surface area contributed by atoms with Gasteiger partial charge in [0.2, 0.25) is 0 Å². The second-order valence-corrected chi connectivity index (χ2v) is 6.12. The zero-order valence-electron chi connectivity index (χ0n) is 11.6. The van der Waals surface area contributed by atoms with Crippen LogP contribution in [0.4, 0.5) is 0 Å². The van der Waals surface area contributed by atoms with Crippen molar-refractivity contribution in [2.75, 3.05) is 0 Å². The summed E-state index contributed by atoms with van der Waals surface area (Å²) in [4.78, 5) is 23.9. The second kappa shape index (κ2) is 4.65. The van der Waals surface area contributed by atoms with E-state index in [0.29, 0.717) is 11.7 Å². The smallest absolute Gasteiger partial charge is 0.329 e. The van der Waals surface area contributed by atoms with Crippen LogP contribution in [0, 0.1) is 5.92 Å². The lowest BCUT2D eigenvalue weighted by molar-refractivity contribution is -0.144. The standard InChI is InChI=1S/C15H20N2O3/c1-15(14(19)20,10-7-8-10)16-13(18)12-6-3-9-17(12)11-4-2-5-11/h3,6,9-11H,2,4-5,7-8H2,1H3,(H,16,18)(H,19,20). The van der Waals surface area contributed by atoms with Crippen molar-refractivity contribution in [3.05, 3.63) is 24.0 Å². The Morgan fingerprint density at radius 3 is 2.55 bits per heavy atom. The molecule has 5 heteroatoms. The van der Waals surface area contributed by atoms with Gasteiger partial charge in [-0.15, -0.1) is 0 Å². The van der Waals surface area contributed by atoms with Crippen LogP contribution in [0.15, 0.2) is 18.3 Å². The summed E-state index contributed by atoms with van der Waals surface area (Å²) in [6.07, 6.45) is 7.02. The van der Waals surface area contributed by atoms with Crippen LogP contribution in [-0.2, 0) is 4.79 Å². The number of carboxylic acids is 1. The molecular formula is C15H20N2O3. The highest BCUT2D eigenvalue weighted by Gasteiger charge is 2.48. The predicted molar refractivity (Wildman–Crippen MR) is 73.6 cm³/mol. The van der Waals surface area contributed by atoms with Crippen molar-refractivity contribution in [2.45, 2.75) is 50.6 Å². The van der Waals surface area contributed by atoms with Crippen molar-refractivity contribution in [2.24, 2.45) is 5.92 Å². The third kappa shape index (κ3) is 2.11. The fourth-order valence-electron chi connectivity index (χ4n) is 2.86. The monoisotopic (exact) mass is 276 g/mol. The van der Waals surface area contributed by atoms with Gasteiger partial charge in [-0.25, -0.2) is 4.79 Å². The minimum absolute atomic E-state index is 0.0519. The molecule has 1 amide bonds. The average molecular weight is 276 g/mol. The fraction of sp³-hybridized carbons (Fsp3) is 0.600. The van der Waals surface area contributed by atoms with Crippen LogP contribution in [0.1, 0.15) is 55.6 Å². The lowest BCUT2D eigenvalue weighted by atomic mass is 9.92. The van der Waals surface area contributed by atoms with Crippen LogP contribution in [0.5, 0.6) is 0 Å². The number of nitrogens with one attached hydrogen (secondary N) is 1. The Morgan fingerprint density at radius 2 is 2.05 bits per heavy atom. The van der Waals surface area contributed by atoms with Crippen LogP contribution in [-0.4, -0.2) is 27.1 Å². The van der Waals surface area contributed by atoms with E-state index in [4.69, 9.17) is 0 Å². The zero-order valence-corrected chi connectivity index (χ0v) is 11.6. The lowest BCUT2D eigenvalue weighted by Crippen LogP contribution is -2.54. The SMILES string of the molecule is CC(NC(=O)c1cccn1C1CCC1)(C(=O)O)C1CC1. The van der Waals surface area contributed by atoms with E-state index >= 15 is 0 Å². The van der Waals surface area contributed by atoms with Crippen molar-refractivity contribution < 1.29 is 14.7 Å². The summed E-state index contributed by atoms with van der Waals surface area (Å²) in [6.45, 7) is 1.61. The van der Waals surface area contributed by atoms with Gasteiger partial charge in [-0.2, -0.15) is 0 Å². The highest BCUT2D eigenvalue weighted by molar-refractivity contribution is 5.97. The Kier molecular flexibility index (Phi) is 3.07. The Bertz CT molecular complexity index is 543. The summed E-state index contributed by atoms with van der Waals surface area (Å²) < 4.78 is 1.98. The molecule has 2 saturated carbocycles. The molecule has 5 nitrogen and oxygen atoms in total. The van der Waals surface area contributed by atoms with Crippen molar-refractivity contribution in [3.63, 3.8) is 0 Å². The lowest BCUT2D eigenvalue weighted by Gasteiger charge is -2.30. The number of carbonyl (C=O) groups is 2. The molecule has 0 spiro atoms. The van der Waals surface area contributed by atoms with Gasteiger partial charge in [0.25, 0.3) is 5.91 Å². The number of hydrogen-bond acceptors (Lipinski definition) is 2. The van der Waals surface area contributed by atoms with Gasteiger partial charge < -0.3 is 15.0 Å². The summed E-state index contributed by atoms with van der Waals surface area (Å²) in [6, 6.07) is 4.01. The van der Waals surface area contributed by atoms with Crippen molar-refractivity contribution in [1.29, 1.82) is 0 Å². The average Bonchev–Trinajstić information content (AvgIpc) is 3.08. The first kappa shape index (κ1) is 13.2. The van der Waals surface area contributed by atoms with Crippen LogP contribution < -0.4 is 5.32 Å². The van der Waals surface area contributed by atoms with Gasteiger partial charge in [-0.3, -0.25) is 4.79 Å². The number of hydrogen-bond donors (Lipinski definition) is 2. The van der Waals surface area contributed by atoms with Crippen LogP contribution in [0.25, 0.3) is 0 Å². The molecule has 1 heterocycles. The van der Waals surface area contributed by atoms with Crippen LogP contribution >= 0.6 is 0 Å². The molecule has 1 atom stereocenters. The molecular weight excluding hydrogens is 256 g/mol. The van der Waals surface area contributed by atoms with Crippen molar-refractivity contribution in [3.8, 4) is 0 Å². The maximum Gasteiger partial charge on any atom is 0.329 e. The third-order valence-corrected chi connectivity index (χ3v) is 4.69. The highest BCUT2D eigenvalue weighted by Crippen LogP contribution is 2.40. The summed E-state index contributed by atoms with van der Waals surface area (Å²) in [7, 11) is 0. The van der Waals surface area contributed by atoms with E-state index in [1.807, 2.05) is 16.8 Å². The molecule has 20 heavy (non-hydrogen) atoms. The van der Waals surface area contributed by atoms with Gasteiger partial charge in [0.05, 0.1) is 0 Å². The number of aliphatic carboxylic acids is 1. The van der Waals surface area contributed by atoms with Crippen LogP contribution in [0.2, 0.25) is 0 Å². The maximum atomic E-state index is 12.4. The van der Waals surface area contributed by atoms with E-state index < -0.39 is 11.5 Å². The Balaban J connectivity index is 1.79. The topological polar surface area (TPSA) is 71.3 Å². The summed E-state index contributed by atoms with van der Waals surface area (Å²) >= 11 is 0. The van der Waals surface area contributed by atoms with E-state index in [1.54, 1.807) is 13.0 Å². The molecule has 0 aromatic carbocycles. The van der Waals surface area contributed by atoms with E-state index in [1.165, 1.54) is 6.42 Å². The molecule has 0 bridgehead atoms. The molecule has 3 rings (SSSR count). The first-order chi connectivity index (χ1) is 9.52. The fourth-order valence-corrected chi connectivity index (χ4v) is 2.86. The van der Waals surface area contributed by atoms with Crippen molar-refractivity contribution in [1.82, 2.24) is 9.88 Å². The molecule has 0 saturated heterocycles. The van der Waals surface area contributed by atoms with Gasteiger partial charge >= 0.3 is 5.97 Å². The molecule has 2 aliphatic carbocycles. The third-order valence-electron chi connectivity index (χ3n) is 4.69. The number of amides is 1. The minimum atomic E-state index is -1.15. The second-order valence-electron chi connectivity index (χ2n) is 6.12. The van der Waals surface area contributed by atoms with E-state index in [2.05, 4.69) is 5.32 Å². The molecule has 1 aromatic heterocycles. The highest BCUT2D eigenvalue weighted by atomic mass is 16.4. The van der Waals surface area contributed by atoms with Gasteiger partial charge in [0.15, 0.2) is 0 Å². The minimum Gasteiger partial charge on any atom is -0.480 e. The van der Waals surface area contributed by atoms with E-state index in [-0.39, 0.29) is 11.8 Å². The van der Waals surface area contributed by atoms with Gasteiger partial charge in [-0.05, 0) is 57.1 Å². The molecule has 2 aliphatic rings. The summed E-state index contributed by atoms with van der Waals surface area (Å²) in [5.41, 5.74) is -0.575. The largest absolute Gasteiger partial charge is 0.480 e. The maximum absolute atomic E-state index is 12.4. The number of carbonyl (C=O) groups excluding carboxylic acids is 1. The Morgan fingerprint density at radius 1 is 1.35 bits per heavy atom. The Hall–Kier alpha value is -1.78. The molecule has 2 N–H and O–H groups in total. The van der Waals surface area contributed by atoms with Crippen LogP contribution in [0.3, 0.4) is 0 Å². The number of rotatable bonds is 5. The molecule has 2 fully saturated rings. The van der Waals surface area contributed by atoms with Crippen molar-refractivity contribution >= 4 is 11.9 Å². The summed E-state index contributed by atoms with van der Waals surface area (Å²) in [5.74, 6) is -1.18. The quantitative estimate of drug-likeness (QED) is 0.866. The number of nitrogens with zero attached hydrogens (tertiary/aromatic N) is 1. The molecule has 0 aliphatic heterocycles.